The summed E-state index contributed by atoms with van der Waals surface area (Å²) in [4.78, 5) is 20.0. The molecule has 9 heteroatoms. The van der Waals surface area contributed by atoms with E-state index in [1.807, 2.05) is 0 Å². The minimum atomic E-state index is -4.52. The van der Waals surface area contributed by atoms with Crippen LogP contribution in [0.15, 0.2) is 10.6 Å². The second-order valence-electron chi connectivity index (χ2n) is 4.09. The molecule has 20 heavy (non-hydrogen) atoms. The highest BCUT2D eigenvalue weighted by atomic mass is 19.4. The minimum Gasteiger partial charge on any atom is -0.336 e. The fourth-order valence-corrected chi connectivity index (χ4v) is 1.64. The van der Waals surface area contributed by atoms with Crippen molar-refractivity contribution in [2.75, 3.05) is 6.61 Å². The number of hydrogen-bond acceptors (Lipinski definition) is 5. The van der Waals surface area contributed by atoms with Crippen LogP contribution in [0.4, 0.5) is 13.2 Å². The van der Waals surface area contributed by atoms with Crippen LogP contribution in [0.3, 0.4) is 0 Å². The molecule has 0 atom stereocenters. The molecule has 1 amide bonds. The van der Waals surface area contributed by atoms with Crippen molar-refractivity contribution in [2.24, 2.45) is 0 Å². The quantitative estimate of drug-likeness (QED) is 0.875. The molecule has 0 aliphatic carbocycles. The maximum Gasteiger partial charge on any atom is 0.414 e. The summed E-state index contributed by atoms with van der Waals surface area (Å²) in [5.74, 6) is -0.823. The Kier molecular flexibility index (Phi) is 3.62. The Morgan fingerprint density at radius 2 is 2.15 bits per heavy atom. The van der Waals surface area contributed by atoms with Crippen molar-refractivity contribution in [3.05, 3.63) is 23.0 Å². The number of alkyl halides is 3. The molecule has 0 unspecified atom stereocenters. The Morgan fingerprint density at radius 3 is 2.80 bits per heavy atom. The summed E-state index contributed by atoms with van der Waals surface area (Å²) < 4.78 is 40.7. The molecule has 6 nitrogen and oxygen atoms in total. The average molecular weight is 289 g/mol. The van der Waals surface area contributed by atoms with Crippen molar-refractivity contribution in [1.82, 2.24) is 15.6 Å². The van der Waals surface area contributed by atoms with Crippen LogP contribution in [-0.2, 0) is 4.84 Å². The van der Waals surface area contributed by atoms with Gasteiger partial charge >= 0.3 is 6.18 Å². The van der Waals surface area contributed by atoms with Crippen molar-refractivity contribution in [1.29, 1.82) is 0 Å². The molecule has 0 spiro atoms. The van der Waals surface area contributed by atoms with Crippen LogP contribution in [0.1, 0.15) is 21.7 Å². The minimum absolute atomic E-state index is 0.0911. The van der Waals surface area contributed by atoms with Crippen LogP contribution < -0.4 is 5.48 Å². The van der Waals surface area contributed by atoms with Crippen LogP contribution in [0.2, 0.25) is 0 Å². The number of amides is 1. The van der Waals surface area contributed by atoms with E-state index in [9.17, 15) is 18.0 Å². The summed E-state index contributed by atoms with van der Waals surface area (Å²) in [6.07, 6.45) is -4.52. The van der Waals surface area contributed by atoms with Crippen molar-refractivity contribution in [3.63, 3.8) is 0 Å². The van der Waals surface area contributed by atoms with Crippen molar-refractivity contribution in [2.45, 2.75) is 20.0 Å². The highest BCUT2D eigenvalue weighted by Gasteiger charge is 2.28. The number of nitrogens with one attached hydrogen (secondary N) is 1. The first-order chi connectivity index (χ1) is 9.28. The number of halogens is 3. The summed E-state index contributed by atoms with van der Waals surface area (Å²) >= 11 is 0. The van der Waals surface area contributed by atoms with Gasteiger partial charge in [-0.25, -0.2) is 10.5 Å². The SMILES string of the molecule is Cc1cc(C(=O)NOCC(F)(F)F)c2c(C)noc2n1. The van der Waals surface area contributed by atoms with Crippen LogP contribution in [0, 0.1) is 13.8 Å². The monoisotopic (exact) mass is 289 g/mol. The molecule has 108 valence electrons. The van der Waals surface area contributed by atoms with E-state index >= 15 is 0 Å². The Bertz CT molecular complexity index is 651. The van der Waals surface area contributed by atoms with Gasteiger partial charge in [-0.2, -0.15) is 13.2 Å². The molecule has 2 aromatic heterocycles. The molecule has 0 bridgehead atoms. The van der Waals surface area contributed by atoms with E-state index in [0.717, 1.165) is 0 Å². The van der Waals surface area contributed by atoms with Gasteiger partial charge in [0.15, 0.2) is 6.61 Å². The van der Waals surface area contributed by atoms with Crippen LogP contribution in [-0.4, -0.2) is 28.8 Å². The highest BCUT2D eigenvalue weighted by molar-refractivity contribution is 6.05. The zero-order valence-corrected chi connectivity index (χ0v) is 10.5. The van der Waals surface area contributed by atoms with Gasteiger partial charge in [0.2, 0.25) is 0 Å². The third-order valence-electron chi connectivity index (χ3n) is 2.39. The lowest BCUT2D eigenvalue weighted by Gasteiger charge is -2.09. The summed E-state index contributed by atoms with van der Waals surface area (Å²) in [5.41, 5.74) is 2.85. The summed E-state index contributed by atoms with van der Waals surface area (Å²) in [5, 5.41) is 4.00. The summed E-state index contributed by atoms with van der Waals surface area (Å²) in [7, 11) is 0. The van der Waals surface area contributed by atoms with E-state index in [1.165, 1.54) is 6.07 Å². The second kappa shape index (κ2) is 5.08. The first kappa shape index (κ1) is 14.3. The van der Waals surface area contributed by atoms with E-state index in [0.29, 0.717) is 16.8 Å². The largest absolute Gasteiger partial charge is 0.414 e. The first-order valence-corrected chi connectivity index (χ1v) is 5.50. The number of hydrogen-bond donors (Lipinski definition) is 1. The smallest absolute Gasteiger partial charge is 0.336 e. The number of aromatic nitrogens is 2. The molecule has 0 aromatic carbocycles. The number of pyridine rings is 1. The number of nitrogens with zero attached hydrogens (tertiary/aromatic N) is 2. The molecule has 0 aliphatic rings. The third-order valence-corrected chi connectivity index (χ3v) is 2.39. The molecule has 2 heterocycles. The topological polar surface area (TPSA) is 77.2 Å². The van der Waals surface area contributed by atoms with Gasteiger partial charge in [0.25, 0.3) is 11.6 Å². The molecule has 0 saturated heterocycles. The predicted octanol–water partition coefficient (Wildman–Crippen LogP) is 2.06. The zero-order valence-electron chi connectivity index (χ0n) is 10.5. The summed E-state index contributed by atoms with van der Waals surface area (Å²) in [6, 6.07) is 1.42. The fourth-order valence-electron chi connectivity index (χ4n) is 1.64. The van der Waals surface area contributed by atoms with Crippen LogP contribution >= 0.6 is 0 Å². The lowest BCUT2D eigenvalue weighted by Crippen LogP contribution is -2.29. The Balaban J connectivity index is 2.23. The van der Waals surface area contributed by atoms with Gasteiger partial charge in [-0.1, -0.05) is 5.16 Å². The molecule has 0 saturated carbocycles. The fraction of sp³-hybridized carbons (Fsp3) is 0.364. The number of rotatable bonds is 3. The number of carbonyl (C=O) groups excluding carboxylic acids is 1. The first-order valence-electron chi connectivity index (χ1n) is 5.50. The van der Waals surface area contributed by atoms with Crippen LogP contribution in [0.5, 0.6) is 0 Å². The number of carbonyl (C=O) groups is 1. The van der Waals surface area contributed by atoms with Crippen molar-refractivity contribution >= 4 is 17.0 Å². The number of fused-ring (bicyclic) bond motifs is 1. The zero-order chi connectivity index (χ0) is 14.9. The molecule has 0 aliphatic heterocycles. The Hall–Kier alpha value is -2.16. The predicted molar refractivity (Wildman–Crippen MR) is 60.8 cm³/mol. The van der Waals surface area contributed by atoms with Gasteiger partial charge in [0, 0.05) is 5.69 Å². The maximum absolute atomic E-state index is 11.9. The van der Waals surface area contributed by atoms with Crippen molar-refractivity contribution < 1.29 is 27.3 Å². The third kappa shape index (κ3) is 3.05. The lowest BCUT2D eigenvalue weighted by molar-refractivity contribution is -0.184. The van der Waals surface area contributed by atoms with E-state index < -0.39 is 18.7 Å². The number of hydroxylamine groups is 1. The molecule has 2 rings (SSSR count). The lowest BCUT2D eigenvalue weighted by atomic mass is 10.1. The molecular formula is C11H10F3N3O3. The van der Waals surface area contributed by atoms with Gasteiger partial charge in [-0.15, -0.1) is 0 Å². The van der Waals surface area contributed by atoms with Crippen molar-refractivity contribution in [3.8, 4) is 0 Å². The van der Waals surface area contributed by atoms with Gasteiger partial charge in [-0.05, 0) is 19.9 Å². The van der Waals surface area contributed by atoms with Gasteiger partial charge in [0.1, 0.15) is 0 Å². The highest BCUT2D eigenvalue weighted by Crippen LogP contribution is 2.22. The summed E-state index contributed by atoms with van der Waals surface area (Å²) in [6.45, 7) is 1.63. The van der Waals surface area contributed by atoms with Gasteiger partial charge in [-0.3, -0.25) is 9.63 Å². The molecule has 0 fully saturated rings. The maximum atomic E-state index is 11.9. The standard InChI is InChI=1S/C11H10F3N3O3/c1-5-3-7(8-6(2)16-20-10(8)15-5)9(18)17-19-4-11(12,13)14/h3H,4H2,1-2H3,(H,17,18). The molecule has 0 radical (unpaired) electrons. The molecule has 1 N–H and O–H groups in total. The molecule has 2 aromatic rings. The average Bonchev–Trinajstić information content (AvgIpc) is 2.68. The van der Waals surface area contributed by atoms with Gasteiger partial charge in [0.05, 0.1) is 16.6 Å². The van der Waals surface area contributed by atoms with E-state index in [-0.39, 0.29) is 11.3 Å². The molecular weight excluding hydrogens is 279 g/mol. The van der Waals surface area contributed by atoms with E-state index in [2.05, 4.69) is 15.0 Å². The number of aryl methyl sites for hydroxylation is 2. The van der Waals surface area contributed by atoms with Crippen LogP contribution in [0.25, 0.3) is 11.1 Å². The Morgan fingerprint density at radius 1 is 1.45 bits per heavy atom. The second-order valence-corrected chi connectivity index (χ2v) is 4.09. The van der Waals surface area contributed by atoms with E-state index in [1.54, 1.807) is 19.3 Å². The normalized spacial score (nSPS) is 11.8. The van der Waals surface area contributed by atoms with E-state index in [4.69, 9.17) is 4.52 Å². The van der Waals surface area contributed by atoms with Gasteiger partial charge < -0.3 is 4.52 Å². The Labute approximate surface area is 110 Å².